The zero-order chi connectivity index (χ0) is 18.9. The number of ketones is 2. The van der Waals surface area contributed by atoms with E-state index in [0.717, 1.165) is 32.0 Å². The molecule has 0 saturated heterocycles. The van der Waals surface area contributed by atoms with Gasteiger partial charge in [0, 0.05) is 31.0 Å². The van der Waals surface area contributed by atoms with Crippen LogP contribution in [0.3, 0.4) is 0 Å². The van der Waals surface area contributed by atoms with Crippen molar-refractivity contribution >= 4 is 58.3 Å². The first kappa shape index (κ1) is 18.2. The summed E-state index contributed by atoms with van der Waals surface area (Å²) in [6.45, 7) is 7.56. The minimum Gasteiger partial charge on any atom is -0.288 e. The number of carbonyl (C=O) groups excluding carboxylic acids is 2. The van der Waals surface area contributed by atoms with Gasteiger partial charge in [-0.05, 0) is 62.1 Å². The molecular formula is C20H14Cl2O2S2. The number of carbonyl (C=O) groups is 2. The maximum absolute atomic E-state index is 13.1. The predicted molar refractivity (Wildman–Crippen MR) is 109 cm³/mol. The first-order valence-electron chi connectivity index (χ1n) is 8.01. The molecule has 2 nitrogen and oxygen atoms in total. The fourth-order valence-corrected chi connectivity index (χ4v) is 6.40. The van der Waals surface area contributed by atoms with Crippen molar-refractivity contribution in [2.75, 3.05) is 0 Å². The molecule has 6 heteroatoms. The molecule has 0 spiro atoms. The summed E-state index contributed by atoms with van der Waals surface area (Å²) in [4.78, 5) is 29.0. The number of halogens is 2. The van der Waals surface area contributed by atoms with Crippen LogP contribution >= 0.6 is 46.7 Å². The van der Waals surface area contributed by atoms with Crippen molar-refractivity contribution in [3.8, 4) is 0 Å². The van der Waals surface area contributed by atoms with E-state index in [1.165, 1.54) is 23.5 Å². The molecule has 4 rings (SSSR count). The summed E-state index contributed by atoms with van der Waals surface area (Å²) in [6.07, 6.45) is 0. The van der Waals surface area contributed by atoms with E-state index in [1.54, 1.807) is 0 Å². The largest absolute Gasteiger partial charge is 0.288 e. The Bertz CT molecular complexity index is 999. The van der Waals surface area contributed by atoms with Gasteiger partial charge in [-0.2, -0.15) is 0 Å². The highest BCUT2D eigenvalue weighted by Crippen LogP contribution is 2.53. The first-order valence-corrected chi connectivity index (χ1v) is 10.4. The van der Waals surface area contributed by atoms with Gasteiger partial charge in [0.05, 0.1) is 9.81 Å². The lowest BCUT2D eigenvalue weighted by atomic mass is 9.99. The summed E-state index contributed by atoms with van der Waals surface area (Å²) in [6, 6.07) is 3.74. The van der Waals surface area contributed by atoms with Gasteiger partial charge in [0.25, 0.3) is 0 Å². The maximum Gasteiger partial charge on any atom is 0.202 e. The Kier molecular flexibility index (Phi) is 4.31. The Labute approximate surface area is 170 Å². The summed E-state index contributed by atoms with van der Waals surface area (Å²) in [7, 11) is 0. The molecule has 26 heavy (non-hydrogen) atoms. The van der Waals surface area contributed by atoms with Crippen molar-refractivity contribution in [2.24, 2.45) is 0 Å². The predicted octanol–water partition coefficient (Wildman–Crippen LogP) is 6.72. The lowest BCUT2D eigenvalue weighted by Gasteiger charge is -2.06. The van der Waals surface area contributed by atoms with Crippen molar-refractivity contribution in [1.29, 1.82) is 0 Å². The molecule has 0 unspecified atom stereocenters. The second-order valence-electron chi connectivity index (χ2n) is 6.53. The number of Topliss-reactive ketones (excluding diaryl/α,β-unsaturated/α-hetero) is 2. The Morgan fingerprint density at radius 1 is 0.692 bits per heavy atom. The van der Waals surface area contributed by atoms with Crippen LogP contribution < -0.4 is 0 Å². The molecule has 0 fully saturated rings. The average molecular weight is 421 g/mol. The molecule has 0 N–H and O–H groups in total. The number of allylic oxidation sites excluding steroid dienone is 2. The summed E-state index contributed by atoms with van der Waals surface area (Å²) in [5.41, 5.74) is 4.69. The van der Waals surface area contributed by atoms with E-state index < -0.39 is 0 Å². The number of benzene rings is 2. The first-order chi connectivity index (χ1) is 12.2. The second-order valence-corrected chi connectivity index (χ2v) is 9.39. The molecule has 0 bridgehead atoms. The number of hydrogen-bond acceptors (Lipinski definition) is 4. The summed E-state index contributed by atoms with van der Waals surface area (Å²) in [5.74, 6) is -0.226. The van der Waals surface area contributed by atoms with Gasteiger partial charge >= 0.3 is 0 Å². The van der Waals surface area contributed by atoms with Gasteiger partial charge in [-0.1, -0.05) is 46.7 Å². The SMILES string of the molecule is Cc1cc(Cl)c(C)c2c1S/C(=C1/Sc3c(C)cc(Cl)c(C)c3C1=O)C2=O. The second kappa shape index (κ2) is 6.16. The number of aryl methyl sites for hydroxylation is 2. The van der Waals surface area contributed by atoms with Crippen molar-refractivity contribution < 1.29 is 9.59 Å². The van der Waals surface area contributed by atoms with Crippen LogP contribution in [0, 0.1) is 27.7 Å². The molecule has 0 aliphatic carbocycles. The summed E-state index contributed by atoms with van der Waals surface area (Å²) < 4.78 is 0. The standard InChI is InChI=1S/C20H14Cl2O2S2/c1-7-5-11(21)9(3)13-15(23)19(25-17(7)13)20-16(24)14-10(4)12(22)6-8(2)18(14)26-20/h5-6H,1-4H3/b20-19+. The van der Waals surface area contributed by atoms with Crippen molar-refractivity contribution in [1.82, 2.24) is 0 Å². The zero-order valence-corrected chi connectivity index (χ0v) is 17.7. The van der Waals surface area contributed by atoms with Crippen LogP contribution in [-0.4, -0.2) is 11.6 Å². The smallest absolute Gasteiger partial charge is 0.202 e. The van der Waals surface area contributed by atoms with E-state index in [-0.39, 0.29) is 11.6 Å². The van der Waals surface area contributed by atoms with Crippen LogP contribution in [0.1, 0.15) is 43.0 Å². The zero-order valence-electron chi connectivity index (χ0n) is 14.5. The fourth-order valence-electron chi connectivity index (χ4n) is 3.33. The fraction of sp³-hybridized carbons (Fsp3) is 0.200. The van der Waals surface area contributed by atoms with Gasteiger partial charge in [-0.25, -0.2) is 0 Å². The van der Waals surface area contributed by atoms with E-state index in [4.69, 9.17) is 23.2 Å². The molecular weight excluding hydrogens is 407 g/mol. The Morgan fingerprint density at radius 3 is 1.38 bits per heavy atom. The third kappa shape index (κ3) is 2.43. The van der Waals surface area contributed by atoms with Crippen LogP contribution in [0.5, 0.6) is 0 Å². The third-order valence-electron chi connectivity index (χ3n) is 4.80. The molecule has 2 aliphatic rings. The third-order valence-corrected chi connectivity index (χ3v) is 8.37. The van der Waals surface area contributed by atoms with Crippen molar-refractivity contribution in [3.63, 3.8) is 0 Å². The van der Waals surface area contributed by atoms with E-state index >= 15 is 0 Å². The van der Waals surface area contributed by atoms with Gasteiger partial charge in [-0.15, -0.1) is 0 Å². The van der Waals surface area contributed by atoms with Crippen molar-refractivity contribution in [2.45, 2.75) is 37.5 Å². The monoisotopic (exact) mass is 420 g/mol. The Morgan fingerprint density at radius 2 is 1.04 bits per heavy atom. The lowest BCUT2D eigenvalue weighted by Crippen LogP contribution is -2.05. The topological polar surface area (TPSA) is 34.1 Å². The number of thioether (sulfide) groups is 2. The van der Waals surface area contributed by atoms with Crippen LogP contribution in [0.15, 0.2) is 31.7 Å². The molecule has 2 aromatic rings. The number of hydrogen-bond donors (Lipinski definition) is 0. The average Bonchev–Trinajstić information content (AvgIpc) is 3.09. The Hall–Kier alpha value is -1.20. The van der Waals surface area contributed by atoms with Crippen molar-refractivity contribution in [3.05, 3.63) is 65.4 Å². The van der Waals surface area contributed by atoms with Gasteiger partial charge in [0.15, 0.2) is 0 Å². The highest BCUT2D eigenvalue weighted by molar-refractivity contribution is 8.08. The lowest BCUT2D eigenvalue weighted by molar-refractivity contribution is 0.101. The molecule has 0 radical (unpaired) electrons. The van der Waals surface area contributed by atoms with Crippen LogP contribution in [0.2, 0.25) is 10.0 Å². The van der Waals surface area contributed by atoms with E-state index in [2.05, 4.69) is 0 Å². The molecule has 2 aliphatic heterocycles. The van der Waals surface area contributed by atoms with Gasteiger partial charge in [-0.3, -0.25) is 9.59 Å². The van der Waals surface area contributed by atoms with E-state index in [1.807, 2.05) is 39.8 Å². The van der Waals surface area contributed by atoms with E-state index in [9.17, 15) is 9.59 Å². The molecule has 132 valence electrons. The summed E-state index contributed by atoms with van der Waals surface area (Å²) in [5, 5.41) is 1.15. The van der Waals surface area contributed by atoms with Gasteiger partial charge in [0.2, 0.25) is 11.6 Å². The Balaban J connectivity index is 1.91. The number of rotatable bonds is 0. The molecule has 2 aromatic carbocycles. The molecule has 0 aromatic heterocycles. The van der Waals surface area contributed by atoms with Crippen LogP contribution in [0.25, 0.3) is 0 Å². The van der Waals surface area contributed by atoms with Gasteiger partial charge in [0.1, 0.15) is 0 Å². The molecule has 0 saturated carbocycles. The minimum absolute atomic E-state index is 0.113. The van der Waals surface area contributed by atoms with Gasteiger partial charge < -0.3 is 0 Å². The maximum atomic E-state index is 13.1. The van der Waals surface area contributed by atoms with E-state index in [0.29, 0.717) is 31.0 Å². The quantitative estimate of drug-likeness (QED) is 0.443. The normalized spacial score (nSPS) is 18.5. The highest BCUT2D eigenvalue weighted by Gasteiger charge is 2.39. The van der Waals surface area contributed by atoms with Crippen LogP contribution in [0.4, 0.5) is 0 Å². The highest BCUT2D eigenvalue weighted by atomic mass is 35.5. The molecule has 0 amide bonds. The summed E-state index contributed by atoms with van der Waals surface area (Å²) >= 11 is 15.3. The molecule has 0 atom stereocenters. The molecule has 2 heterocycles. The minimum atomic E-state index is -0.113. The van der Waals surface area contributed by atoms with Crippen LogP contribution in [-0.2, 0) is 0 Å². The number of fused-ring (bicyclic) bond motifs is 2.